The van der Waals surface area contributed by atoms with E-state index in [0.717, 1.165) is 5.84 Å². The molecule has 0 aliphatic heterocycles. The lowest BCUT2D eigenvalue weighted by Crippen LogP contribution is -2.43. The molecule has 0 aliphatic rings. The summed E-state index contributed by atoms with van der Waals surface area (Å²) in [6.45, 7) is 8.40. The molecule has 0 bridgehead atoms. The number of hydrogen-bond donors (Lipinski definition) is 2. The molecule has 0 N–H and O–H groups in total. The van der Waals surface area contributed by atoms with Gasteiger partial charge in [-0.2, -0.15) is 25.3 Å². The number of thiol groups is 2. The Bertz CT molecular complexity index is 161. The van der Waals surface area contributed by atoms with Gasteiger partial charge in [-0.3, -0.25) is 4.99 Å². The molecule has 0 heterocycles. The summed E-state index contributed by atoms with van der Waals surface area (Å²) in [5, 5.41) is 0. The smallest absolute Gasteiger partial charge is 0.0978 e. The third kappa shape index (κ3) is 3.72. The van der Waals surface area contributed by atoms with Gasteiger partial charge in [0.15, 0.2) is 0 Å². The first-order chi connectivity index (χ1) is 5.43. The minimum atomic E-state index is 0.0816. The fourth-order valence-electron chi connectivity index (χ4n) is 0.988. The molecule has 0 aliphatic carbocycles. The molecule has 4 heteroatoms. The Morgan fingerprint density at radius 2 is 1.83 bits per heavy atom. The highest BCUT2D eigenvalue weighted by molar-refractivity contribution is 7.80. The number of rotatable bonds is 2. The van der Waals surface area contributed by atoms with Crippen LogP contribution in [0.4, 0.5) is 0 Å². The average Bonchev–Trinajstić information content (AvgIpc) is 1.85. The molecule has 0 unspecified atom stereocenters. The zero-order valence-corrected chi connectivity index (χ0v) is 9.99. The van der Waals surface area contributed by atoms with E-state index in [2.05, 4.69) is 55.9 Å². The minimum absolute atomic E-state index is 0.0816. The van der Waals surface area contributed by atoms with Gasteiger partial charge in [-0.15, -0.1) is 0 Å². The number of amidine groups is 1. The van der Waals surface area contributed by atoms with E-state index < -0.39 is 0 Å². The van der Waals surface area contributed by atoms with Crippen LogP contribution in [0.5, 0.6) is 0 Å². The standard InChI is InChI=1S/C8H18N2S2/c1-7(9-5-11)10(6-12)8(2,3)4/h11-12H,5-6H2,1-4H3/b9-7-. The quantitative estimate of drug-likeness (QED) is 0.306. The van der Waals surface area contributed by atoms with E-state index in [9.17, 15) is 0 Å². The Hall–Kier alpha value is 0.170. The van der Waals surface area contributed by atoms with Crippen LogP contribution in [0.25, 0.3) is 0 Å². The molecular formula is C8H18N2S2. The van der Waals surface area contributed by atoms with E-state index in [-0.39, 0.29) is 5.54 Å². The molecular weight excluding hydrogens is 188 g/mol. The van der Waals surface area contributed by atoms with Crippen molar-refractivity contribution in [1.82, 2.24) is 4.90 Å². The van der Waals surface area contributed by atoms with E-state index in [1.54, 1.807) is 0 Å². The van der Waals surface area contributed by atoms with Crippen LogP contribution in [-0.2, 0) is 0 Å². The third-order valence-electron chi connectivity index (χ3n) is 1.64. The largest absolute Gasteiger partial charge is 0.347 e. The van der Waals surface area contributed by atoms with Crippen LogP contribution in [0.15, 0.2) is 4.99 Å². The molecule has 0 atom stereocenters. The summed E-state index contributed by atoms with van der Waals surface area (Å²) >= 11 is 8.31. The van der Waals surface area contributed by atoms with Gasteiger partial charge in [-0.25, -0.2) is 0 Å². The molecule has 0 aromatic heterocycles. The Balaban J connectivity index is 4.46. The van der Waals surface area contributed by atoms with Crippen molar-refractivity contribution < 1.29 is 0 Å². The van der Waals surface area contributed by atoms with Gasteiger partial charge in [-0.05, 0) is 27.7 Å². The maximum absolute atomic E-state index is 4.26. The zero-order chi connectivity index (χ0) is 9.78. The van der Waals surface area contributed by atoms with Crippen molar-refractivity contribution in [3.8, 4) is 0 Å². The van der Waals surface area contributed by atoms with Gasteiger partial charge in [0.1, 0.15) is 0 Å². The van der Waals surface area contributed by atoms with E-state index in [0.29, 0.717) is 11.8 Å². The predicted octanol–water partition coefficient (Wildman–Crippen LogP) is 2.28. The highest BCUT2D eigenvalue weighted by Gasteiger charge is 2.20. The summed E-state index contributed by atoms with van der Waals surface area (Å²) in [6.07, 6.45) is 0. The lowest BCUT2D eigenvalue weighted by molar-refractivity contribution is 0.271. The van der Waals surface area contributed by atoms with E-state index in [4.69, 9.17) is 0 Å². The normalized spacial score (nSPS) is 13.3. The van der Waals surface area contributed by atoms with E-state index in [1.165, 1.54) is 0 Å². The molecule has 0 rings (SSSR count). The first kappa shape index (κ1) is 12.2. The summed E-state index contributed by atoms with van der Waals surface area (Å²) in [5.74, 6) is 2.21. The Labute approximate surface area is 86.3 Å². The SMILES string of the molecule is C/C(=N/CS)N(CS)C(C)(C)C. The topological polar surface area (TPSA) is 15.6 Å². The molecule has 0 saturated heterocycles. The van der Waals surface area contributed by atoms with Crippen LogP contribution in [0.3, 0.4) is 0 Å². The average molecular weight is 206 g/mol. The highest BCUT2D eigenvalue weighted by atomic mass is 32.1. The van der Waals surface area contributed by atoms with Gasteiger partial charge in [0.2, 0.25) is 0 Å². The number of hydrogen-bond acceptors (Lipinski definition) is 3. The maximum Gasteiger partial charge on any atom is 0.0978 e. The summed E-state index contributed by atoms with van der Waals surface area (Å²) in [6, 6.07) is 0. The first-order valence-electron chi connectivity index (χ1n) is 3.94. The number of nitrogens with zero attached hydrogens (tertiary/aromatic N) is 2. The Kier molecular flexibility index (Phi) is 5.09. The second-order valence-corrected chi connectivity index (χ2v) is 4.15. The fourth-order valence-corrected chi connectivity index (χ4v) is 1.82. The van der Waals surface area contributed by atoms with Crippen LogP contribution in [0.1, 0.15) is 27.7 Å². The van der Waals surface area contributed by atoms with Gasteiger partial charge in [0, 0.05) is 5.54 Å². The lowest BCUT2D eigenvalue weighted by atomic mass is 10.1. The van der Waals surface area contributed by atoms with Crippen molar-refractivity contribution in [3.05, 3.63) is 0 Å². The summed E-state index contributed by atoms with van der Waals surface area (Å²) < 4.78 is 0. The fraction of sp³-hybridized carbons (Fsp3) is 0.875. The van der Waals surface area contributed by atoms with Gasteiger partial charge in [0.05, 0.1) is 17.6 Å². The van der Waals surface area contributed by atoms with Crippen molar-refractivity contribution in [2.75, 3.05) is 11.8 Å². The second kappa shape index (κ2) is 5.02. The molecule has 0 saturated carbocycles. The van der Waals surface area contributed by atoms with E-state index in [1.807, 2.05) is 6.92 Å². The van der Waals surface area contributed by atoms with Crippen LogP contribution >= 0.6 is 25.3 Å². The molecule has 0 fully saturated rings. The molecule has 0 amide bonds. The number of aliphatic imine (C=N–C) groups is 1. The Morgan fingerprint density at radius 3 is 2.08 bits per heavy atom. The zero-order valence-electron chi connectivity index (χ0n) is 8.20. The third-order valence-corrected chi connectivity index (χ3v) is 2.07. The summed E-state index contributed by atoms with van der Waals surface area (Å²) in [4.78, 5) is 6.35. The van der Waals surface area contributed by atoms with Crippen LogP contribution in [0.2, 0.25) is 0 Å². The molecule has 0 radical (unpaired) electrons. The molecule has 12 heavy (non-hydrogen) atoms. The first-order valence-corrected chi connectivity index (χ1v) is 5.20. The van der Waals surface area contributed by atoms with Crippen molar-refractivity contribution >= 4 is 31.1 Å². The summed E-state index contributed by atoms with van der Waals surface area (Å²) in [5.41, 5.74) is 0.0816. The molecule has 2 nitrogen and oxygen atoms in total. The van der Waals surface area contributed by atoms with Gasteiger partial charge in [-0.1, -0.05) is 0 Å². The van der Waals surface area contributed by atoms with Gasteiger partial charge in [0.25, 0.3) is 0 Å². The lowest BCUT2D eigenvalue weighted by Gasteiger charge is -2.35. The van der Waals surface area contributed by atoms with Crippen molar-refractivity contribution in [2.45, 2.75) is 33.2 Å². The molecule has 0 aromatic rings. The molecule has 0 spiro atoms. The monoisotopic (exact) mass is 206 g/mol. The molecule has 72 valence electrons. The van der Waals surface area contributed by atoms with Gasteiger partial charge < -0.3 is 4.90 Å². The molecule has 0 aromatic carbocycles. The van der Waals surface area contributed by atoms with Gasteiger partial charge >= 0.3 is 0 Å². The van der Waals surface area contributed by atoms with Crippen molar-refractivity contribution in [1.29, 1.82) is 0 Å². The minimum Gasteiger partial charge on any atom is -0.347 e. The summed E-state index contributed by atoms with van der Waals surface area (Å²) in [7, 11) is 0. The van der Waals surface area contributed by atoms with E-state index >= 15 is 0 Å². The maximum atomic E-state index is 4.26. The highest BCUT2D eigenvalue weighted by Crippen LogP contribution is 2.14. The van der Waals surface area contributed by atoms with Crippen LogP contribution in [-0.4, -0.2) is 28.0 Å². The van der Waals surface area contributed by atoms with Crippen LogP contribution < -0.4 is 0 Å². The second-order valence-electron chi connectivity index (χ2n) is 3.59. The van der Waals surface area contributed by atoms with Crippen LogP contribution in [0, 0.1) is 0 Å². The Morgan fingerprint density at radius 1 is 1.33 bits per heavy atom. The van der Waals surface area contributed by atoms with Crippen molar-refractivity contribution in [2.24, 2.45) is 4.99 Å². The predicted molar refractivity (Wildman–Crippen MR) is 62.4 cm³/mol. The van der Waals surface area contributed by atoms with Crippen molar-refractivity contribution in [3.63, 3.8) is 0 Å².